The van der Waals surface area contributed by atoms with E-state index in [1.165, 1.54) is 6.20 Å². The molecular formula is C23H25N5O4. The Morgan fingerprint density at radius 2 is 2.09 bits per heavy atom. The number of carbonyl (C=O) groups is 2. The number of nitrogens with zero attached hydrogens (tertiary/aromatic N) is 5. The van der Waals surface area contributed by atoms with Crippen molar-refractivity contribution in [1.82, 2.24) is 14.8 Å². The third-order valence-electron chi connectivity index (χ3n) is 5.68. The molecule has 0 N–H and O–H groups in total. The first-order valence-corrected chi connectivity index (χ1v) is 10.6. The van der Waals surface area contributed by atoms with Crippen molar-refractivity contribution in [3.05, 3.63) is 48.2 Å². The molecule has 2 saturated heterocycles. The van der Waals surface area contributed by atoms with Crippen molar-refractivity contribution < 1.29 is 19.1 Å². The second kappa shape index (κ2) is 9.56. The number of ether oxygens (including phenoxy) is 2. The fourth-order valence-corrected chi connectivity index (χ4v) is 4.04. The highest BCUT2D eigenvalue weighted by Crippen LogP contribution is 2.30. The van der Waals surface area contributed by atoms with Gasteiger partial charge in [0, 0.05) is 31.9 Å². The van der Waals surface area contributed by atoms with Gasteiger partial charge in [-0.25, -0.2) is 9.78 Å². The van der Waals surface area contributed by atoms with Gasteiger partial charge in [-0.05, 0) is 31.0 Å². The molecule has 1 aromatic heterocycles. The lowest BCUT2D eigenvalue weighted by Gasteiger charge is -2.33. The van der Waals surface area contributed by atoms with Crippen LogP contribution in [-0.2, 0) is 4.79 Å². The second-order valence-electron chi connectivity index (χ2n) is 7.74. The Bertz CT molecular complexity index is 1040. The van der Waals surface area contributed by atoms with E-state index in [4.69, 9.17) is 14.7 Å². The van der Waals surface area contributed by atoms with Crippen LogP contribution in [0.15, 0.2) is 42.6 Å². The summed E-state index contributed by atoms with van der Waals surface area (Å²) in [6, 6.07) is 12.4. The number of likely N-dealkylation sites (tertiary alicyclic amines) is 1. The zero-order valence-electron chi connectivity index (χ0n) is 17.9. The summed E-state index contributed by atoms with van der Waals surface area (Å²) in [5.74, 6) is 0.900. The average Bonchev–Trinajstić information content (AvgIpc) is 3.19. The Labute approximate surface area is 186 Å². The van der Waals surface area contributed by atoms with E-state index in [-0.39, 0.29) is 24.6 Å². The number of para-hydroxylation sites is 2. The van der Waals surface area contributed by atoms with Gasteiger partial charge in [0.2, 0.25) is 11.8 Å². The molecule has 32 heavy (non-hydrogen) atoms. The number of piperidine rings is 1. The maximum atomic E-state index is 12.9. The van der Waals surface area contributed by atoms with E-state index >= 15 is 0 Å². The first-order chi connectivity index (χ1) is 15.6. The summed E-state index contributed by atoms with van der Waals surface area (Å²) in [5.41, 5.74) is 1.18. The highest BCUT2D eigenvalue weighted by Gasteiger charge is 2.34. The molecule has 0 spiro atoms. The van der Waals surface area contributed by atoms with Gasteiger partial charge in [-0.2, -0.15) is 5.26 Å². The standard InChI is InChI=1S/C23H25N5O4/c1-31-20-7-3-2-6-19(20)28-12-11-27(23(28)30)16-22(29)26-10-4-5-18(15-26)32-21-13-17(14-24)8-9-25-21/h2-3,6-9,13,18H,4-5,10-12,15-16H2,1H3. The molecule has 9 heteroatoms. The third-order valence-corrected chi connectivity index (χ3v) is 5.68. The van der Waals surface area contributed by atoms with Crippen LogP contribution in [0, 0.1) is 11.3 Å². The SMILES string of the molecule is COc1ccccc1N1CCN(CC(=O)N2CCCC(Oc3cc(C#N)ccn3)C2)C1=O. The summed E-state index contributed by atoms with van der Waals surface area (Å²) in [6.07, 6.45) is 2.93. The van der Waals surface area contributed by atoms with Crippen LogP contribution in [0.3, 0.4) is 0 Å². The van der Waals surface area contributed by atoms with Gasteiger partial charge >= 0.3 is 6.03 Å². The second-order valence-corrected chi connectivity index (χ2v) is 7.74. The van der Waals surface area contributed by atoms with Crippen LogP contribution in [0.4, 0.5) is 10.5 Å². The molecule has 2 aromatic rings. The predicted octanol–water partition coefficient (Wildman–Crippen LogP) is 2.27. The van der Waals surface area contributed by atoms with E-state index in [1.807, 2.05) is 24.3 Å². The zero-order chi connectivity index (χ0) is 22.5. The number of hydrogen-bond acceptors (Lipinski definition) is 6. The number of hydrogen-bond donors (Lipinski definition) is 0. The molecule has 0 radical (unpaired) electrons. The summed E-state index contributed by atoms with van der Waals surface area (Å²) >= 11 is 0. The minimum Gasteiger partial charge on any atom is -0.495 e. The molecule has 4 rings (SSSR count). The Morgan fingerprint density at radius 3 is 2.91 bits per heavy atom. The molecule has 1 atom stereocenters. The molecule has 0 bridgehead atoms. The molecular weight excluding hydrogens is 410 g/mol. The minimum atomic E-state index is -0.204. The number of methoxy groups -OCH3 is 1. The van der Waals surface area contributed by atoms with Crippen molar-refractivity contribution in [2.45, 2.75) is 18.9 Å². The van der Waals surface area contributed by atoms with E-state index in [1.54, 1.807) is 33.9 Å². The Hall–Kier alpha value is -3.80. The summed E-state index contributed by atoms with van der Waals surface area (Å²) < 4.78 is 11.3. The van der Waals surface area contributed by atoms with Crippen LogP contribution in [0.5, 0.6) is 11.6 Å². The lowest BCUT2D eigenvalue weighted by atomic mass is 10.1. The van der Waals surface area contributed by atoms with Crippen molar-refractivity contribution in [1.29, 1.82) is 5.26 Å². The fraction of sp³-hybridized carbons (Fsp3) is 0.391. The van der Waals surface area contributed by atoms with Crippen LogP contribution >= 0.6 is 0 Å². The van der Waals surface area contributed by atoms with Gasteiger partial charge in [0.1, 0.15) is 18.4 Å². The van der Waals surface area contributed by atoms with Gasteiger partial charge in [-0.1, -0.05) is 12.1 Å². The molecule has 0 aliphatic carbocycles. The number of amides is 3. The Morgan fingerprint density at radius 1 is 1.25 bits per heavy atom. The summed E-state index contributed by atoms with van der Waals surface area (Å²) in [6.45, 7) is 2.05. The molecule has 1 unspecified atom stereocenters. The molecule has 2 aliphatic rings. The van der Waals surface area contributed by atoms with Crippen molar-refractivity contribution in [3.8, 4) is 17.7 Å². The van der Waals surface area contributed by atoms with Gasteiger partial charge in [0.15, 0.2) is 0 Å². The maximum absolute atomic E-state index is 12.9. The first kappa shape index (κ1) is 21.4. The number of benzene rings is 1. The van der Waals surface area contributed by atoms with E-state index in [2.05, 4.69) is 11.1 Å². The van der Waals surface area contributed by atoms with Crippen molar-refractivity contribution in [2.24, 2.45) is 0 Å². The quantitative estimate of drug-likeness (QED) is 0.690. The number of aromatic nitrogens is 1. The molecule has 3 heterocycles. The number of urea groups is 1. The predicted molar refractivity (Wildman–Crippen MR) is 116 cm³/mol. The van der Waals surface area contributed by atoms with Gasteiger partial charge in [0.05, 0.1) is 31.0 Å². The van der Waals surface area contributed by atoms with E-state index in [0.717, 1.165) is 12.8 Å². The highest BCUT2D eigenvalue weighted by atomic mass is 16.5. The maximum Gasteiger partial charge on any atom is 0.325 e. The van der Waals surface area contributed by atoms with E-state index in [0.29, 0.717) is 49.1 Å². The number of nitriles is 1. The number of carbonyl (C=O) groups excluding carboxylic acids is 2. The average molecular weight is 435 g/mol. The van der Waals surface area contributed by atoms with Crippen molar-refractivity contribution in [2.75, 3.05) is 44.7 Å². The lowest BCUT2D eigenvalue weighted by Crippen LogP contribution is -2.48. The third kappa shape index (κ3) is 4.59. The van der Waals surface area contributed by atoms with Crippen molar-refractivity contribution >= 4 is 17.6 Å². The van der Waals surface area contributed by atoms with Crippen molar-refractivity contribution in [3.63, 3.8) is 0 Å². The smallest absolute Gasteiger partial charge is 0.325 e. The van der Waals surface area contributed by atoms with Crippen LogP contribution in [-0.4, -0.2) is 72.7 Å². The van der Waals surface area contributed by atoms with E-state index < -0.39 is 0 Å². The van der Waals surface area contributed by atoms with Crippen LogP contribution in [0.2, 0.25) is 0 Å². The van der Waals surface area contributed by atoms with Gasteiger partial charge in [-0.3, -0.25) is 9.69 Å². The number of anilines is 1. The summed E-state index contributed by atoms with van der Waals surface area (Å²) in [7, 11) is 1.57. The Balaban J connectivity index is 1.35. The van der Waals surface area contributed by atoms with Crippen LogP contribution in [0.25, 0.3) is 0 Å². The largest absolute Gasteiger partial charge is 0.495 e. The monoisotopic (exact) mass is 435 g/mol. The summed E-state index contributed by atoms with van der Waals surface area (Å²) in [4.78, 5) is 35.0. The summed E-state index contributed by atoms with van der Waals surface area (Å²) in [5, 5.41) is 9.03. The van der Waals surface area contributed by atoms with Gasteiger partial charge < -0.3 is 19.3 Å². The van der Waals surface area contributed by atoms with Crippen LogP contribution in [0.1, 0.15) is 18.4 Å². The molecule has 1 aromatic carbocycles. The molecule has 166 valence electrons. The van der Waals surface area contributed by atoms with Gasteiger partial charge in [-0.15, -0.1) is 0 Å². The fourth-order valence-electron chi connectivity index (χ4n) is 4.04. The minimum absolute atomic E-state index is 0.0272. The highest BCUT2D eigenvalue weighted by molar-refractivity contribution is 5.97. The van der Waals surface area contributed by atoms with E-state index in [9.17, 15) is 9.59 Å². The lowest BCUT2D eigenvalue weighted by molar-refractivity contribution is -0.134. The first-order valence-electron chi connectivity index (χ1n) is 10.6. The Kier molecular flexibility index (Phi) is 6.40. The molecule has 2 fully saturated rings. The topological polar surface area (TPSA) is 99.0 Å². The van der Waals surface area contributed by atoms with Crippen LogP contribution < -0.4 is 14.4 Å². The van der Waals surface area contributed by atoms with Gasteiger partial charge in [0.25, 0.3) is 0 Å². The zero-order valence-corrected chi connectivity index (χ0v) is 17.9. The number of pyridine rings is 1. The molecule has 3 amide bonds. The molecule has 9 nitrogen and oxygen atoms in total. The molecule has 2 aliphatic heterocycles. The molecule has 0 saturated carbocycles. The number of rotatable bonds is 6. The normalized spacial score (nSPS) is 18.4.